The number of benzene rings is 1. The van der Waals surface area contributed by atoms with Gasteiger partial charge in [0, 0.05) is 25.1 Å². The Labute approximate surface area is 112 Å². The van der Waals surface area contributed by atoms with E-state index in [1.165, 1.54) is 7.11 Å². The number of rotatable bonds is 4. The van der Waals surface area contributed by atoms with Crippen molar-refractivity contribution in [1.29, 1.82) is 0 Å². The molecule has 0 atom stereocenters. The van der Waals surface area contributed by atoms with Crippen LogP contribution in [0, 0.1) is 0 Å². The maximum absolute atomic E-state index is 11.6. The third-order valence-electron chi connectivity index (χ3n) is 3.24. The number of carbonyl (C=O) groups is 2. The minimum absolute atomic E-state index is 0.166. The lowest BCUT2D eigenvalue weighted by atomic mass is 10.1. The second kappa shape index (κ2) is 5.73. The normalized spacial score (nSPS) is 14.6. The Hall–Kier alpha value is -2.04. The summed E-state index contributed by atoms with van der Waals surface area (Å²) < 4.78 is 9.95. The van der Waals surface area contributed by atoms with Gasteiger partial charge < -0.3 is 14.4 Å². The standard InChI is InChI=1S/C14H17NO4/c1-18-12-8-10(14(17)19-2)5-6-11(12)9-15-7-3-4-13(15)16/h5-6,8H,3-4,7,9H2,1-2H3. The van der Waals surface area contributed by atoms with E-state index in [9.17, 15) is 9.59 Å². The number of ether oxygens (including phenoxy) is 2. The van der Waals surface area contributed by atoms with Crippen LogP contribution in [-0.2, 0) is 16.1 Å². The van der Waals surface area contributed by atoms with Gasteiger partial charge in [0.15, 0.2) is 0 Å². The summed E-state index contributed by atoms with van der Waals surface area (Å²) in [5.41, 5.74) is 1.33. The highest BCUT2D eigenvalue weighted by Crippen LogP contribution is 2.24. The van der Waals surface area contributed by atoms with Crippen molar-refractivity contribution in [2.45, 2.75) is 19.4 Å². The highest BCUT2D eigenvalue weighted by Gasteiger charge is 2.21. The quantitative estimate of drug-likeness (QED) is 0.774. The van der Waals surface area contributed by atoms with Gasteiger partial charge in [-0.3, -0.25) is 4.79 Å². The first-order valence-electron chi connectivity index (χ1n) is 6.18. The summed E-state index contributed by atoms with van der Waals surface area (Å²) in [4.78, 5) is 24.9. The molecule has 0 aliphatic carbocycles. The van der Waals surface area contributed by atoms with E-state index in [2.05, 4.69) is 4.74 Å². The van der Waals surface area contributed by atoms with Gasteiger partial charge in [0.2, 0.25) is 5.91 Å². The minimum atomic E-state index is -0.401. The van der Waals surface area contributed by atoms with Crippen LogP contribution in [0.4, 0.5) is 0 Å². The number of amides is 1. The number of esters is 1. The Morgan fingerprint density at radius 2 is 2.16 bits per heavy atom. The molecule has 0 spiro atoms. The van der Waals surface area contributed by atoms with Gasteiger partial charge in [-0.2, -0.15) is 0 Å². The molecule has 1 aliphatic rings. The second-order valence-corrected chi connectivity index (χ2v) is 4.44. The fourth-order valence-electron chi connectivity index (χ4n) is 2.20. The van der Waals surface area contributed by atoms with Gasteiger partial charge in [-0.15, -0.1) is 0 Å². The Bertz CT molecular complexity index is 498. The zero-order valence-electron chi connectivity index (χ0n) is 11.1. The molecule has 1 amide bonds. The number of hydrogen-bond acceptors (Lipinski definition) is 4. The zero-order chi connectivity index (χ0) is 13.8. The third kappa shape index (κ3) is 2.86. The van der Waals surface area contributed by atoms with E-state index in [0.29, 0.717) is 24.3 Å². The van der Waals surface area contributed by atoms with Gasteiger partial charge in [0.05, 0.1) is 19.8 Å². The number of carbonyl (C=O) groups excluding carboxylic acids is 2. The molecule has 102 valence electrons. The van der Waals surface area contributed by atoms with Crippen LogP contribution in [0.15, 0.2) is 18.2 Å². The van der Waals surface area contributed by atoms with Crippen molar-refractivity contribution in [2.24, 2.45) is 0 Å². The van der Waals surface area contributed by atoms with Crippen molar-refractivity contribution in [1.82, 2.24) is 4.90 Å². The smallest absolute Gasteiger partial charge is 0.337 e. The molecule has 0 bridgehead atoms. The second-order valence-electron chi connectivity index (χ2n) is 4.44. The maximum atomic E-state index is 11.6. The topological polar surface area (TPSA) is 55.8 Å². The van der Waals surface area contributed by atoms with Crippen LogP contribution in [0.5, 0.6) is 5.75 Å². The van der Waals surface area contributed by atoms with Crippen LogP contribution >= 0.6 is 0 Å². The zero-order valence-corrected chi connectivity index (χ0v) is 11.1. The number of hydrogen-bond donors (Lipinski definition) is 0. The Kier molecular flexibility index (Phi) is 4.04. The fraction of sp³-hybridized carbons (Fsp3) is 0.429. The van der Waals surface area contributed by atoms with Crippen LogP contribution < -0.4 is 4.74 Å². The lowest BCUT2D eigenvalue weighted by Gasteiger charge is -2.18. The molecule has 1 aliphatic heterocycles. The van der Waals surface area contributed by atoms with Gasteiger partial charge in [-0.05, 0) is 18.6 Å². The van der Waals surface area contributed by atoms with Crippen LogP contribution in [0.25, 0.3) is 0 Å². The van der Waals surface area contributed by atoms with E-state index in [4.69, 9.17) is 4.74 Å². The number of methoxy groups -OCH3 is 2. The summed E-state index contributed by atoms with van der Waals surface area (Å²) in [6, 6.07) is 5.13. The average molecular weight is 263 g/mol. The Morgan fingerprint density at radius 3 is 2.74 bits per heavy atom. The molecule has 1 saturated heterocycles. The van der Waals surface area contributed by atoms with Crippen LogP contribution in [0.1, 0.15) is 28.8 Å². The summed E-state index contributed by atoms with van der Waals surface area (Å²) in [5, 5.41) is 0. The molecule has 0 saturated carbocycles. The van der Waals surface area contributed by atoms with E-state index in [1.807, 2.05) is 0 Å². The predicted molar refractivity (Wildman–Crippen MR) is 69.0 cm³/mol. The average Bonchev–Trinajstić information content (AvgIpc) is 2.84. The van der Waals surface area contributed by atoms with Gasteiger partial charge in [0.1, 0.15) is 5.75 Å². The SMILES string of the molecule is COC(=O)c1ccc(CN2CCCC2=O)c(OC)c1. The monoisotopic (exact) mass is 263 g/mol. The highest BCUT2D eigenvalue weighted by molar-refractivity contribution is 5.90. The van der Waals surface area contributed by atoms with Crippen LogP contribution in [-0.4, -0.2) is 37.5 Å². The van der Waals surface area contributed by atoms with Crippen molar-refractivity contribution in [3.05, 3.63) is 29.3 Å². The molecule has 1 aromatic carbocycles. The first kappa shape index (κ1) is 13.4. The number of likely N-dealkylation sites (tertiary alicyclic amines) is 1. The van der Waals surface area contributed by atoms with Gasteiger partial charge >= 0.3 is 5.97 Å². The molecule has 19 heavy (non-hydrogen) atoms. The Morgan fingerprint density at radius 1 is 1.37 bits per heavy atom. The molecule has 0 aromatic heterocycles. The fourth-order valence-corrected chi connectivity index (χ4v) is 2.20. The van der Waals surface area contributed by atoms with Crippen molar-refractivity contribution in [2.75, 3.05) is 20.8 Å². The summed E-state index contributed by atoms with van der Waals surface area (Å²) in [7, 11) is 2.89. The first-order valence-corrected chi connectivity index (χ1v) is 6.18. The van der Waals surface area contributed by atoms with Gasteiger partial charge in [0.25, 0.3) is 0 Å². The van der Waals surface area contributed by atoms with Crippen molar-refractivity contribution >= 4 is 11.9 Å². The Balaban J connectivity index is 2.20. The third-order valence-corrected chi connectivity index (χ3v) is 3.24. The largest absolute Gasteiger partial charge is 0.496 e. The minimum Gasteiger partial charge on any atom is -0.496 e. The van der Waals surface area contributed by atoms with Crippen molar-refractivity contribution in [3.63, 3.8) is 0 Å². The molecule has 0 unspecified atom stereocenters. The maximum Gasteiger partial charge on any atom is 0.337 e. The molecule has 1 fully saturated rings. The summed E-state index contributed by atoms with van der Waals surface area (Å²) in [5.74, 6) is 0.365. The van der Waals surface area contributed by atoms with Crippen molar-refractivity contribution < 1.29 is 19.1 Å². The van der Waals surface area contributed by atoms with E-state index in [1.54, 1.807) is 30.2 Å². The molecule has 2 rings (SSSR count). The first-order chi connectivity index (χ1) is 9.15. The van der Waals surface area contributed by atoms with E-state index in [-0.39, 0.29) is 5.91 Å². The molecule has 1 heterocycles. The van der Waals surface area contributed by atoms with E-state index >= 15 is 0 Å². The van der Waals surface area contributed by atoms with Crippen molar-refractivity contribution in [3.8, 4) is 5.75 Å². The van der Waals surface area contributed by atoms with Crippen LogP contribution in [0.2, 0.25) is 0 Å². The lowest BCUT2D eigenvalue weighted by Crippen LogP contribution is -2.24. The van der Waals surface area contributed by atoms with Crippen LogP contribution in [0.3, 0.4) is 0 Å². The number of nitrogens with zero attached hydrogens (tertiary/aromatic N) is 1. The molecular weight excluding hydrogens is 246 g/mol. The molecule has 5 nitrogen and oxygen atoms in total. The highest BCUT2D eigenvalue weighted by atomic mass is 16.5. The summed E-state index contributed by atoms with van der Waals surface area (Å²) >= 11 is 0. The molecular formula is C14H17NO4. The summed E-state index contributed by atoms with van der Waals surface area (Å²) in [6.07, 6.45) is 1.52. The molecule has 1 aromatic rings. The molecule has 0 radical (unpaired) electrons. The van der Waals surface area contributed by atoms with Gasteiger partial charge in [-0.1, -0.05) is 6.07 Å². The molecule has 0 N–H and O–H groups in total. The molecule has 5 heteroatoms. The van der Waals surface area contributed by atoms with Gasteiger partial charge in [-0.25, -0.2) is 4.79 Å². The van der Waals surface area contributed by atoms with E-state index in [0.717, 1.165) is 18.5 Å². The lowest BCUT2D eigenvalue weighted by molar-refractivity contribution is -0.128. The summed E-state index contributed by atoms with van der Waals surface area (Å²) in [6.45, 7) is 1.30. The predicted octanol–water partition coefficient (Wildman–Crippen LogP) is 1.60. The van der Waals surface area contributed by atoms with E-state index < -0.39 is 5.97 Å².